The summed E-state index contributed by atoms with van der Waals surface area (Å²) in [5.74, 6) is 0. The van der Waals surface area contributed by atoms with Gasteiger partial charge in [-0.3, -0.25) is 0 Å². The maximum Gasteiger partial charge on any atom is 0.109 e. The lowest BCUT2D eigenvalue weighted by Gasteiger charge is -2.30. The van der Waals surface area contributed by atoms with Crippen LogP contribution in [0.1, 0.15) is 58.3 Å². The van der Waals surface area contributed by atoms with Gasteiger partial charge in [0, 0.05) is 0 Å². The van der Waals surface area contributed by atoms with E-state index in [-0.39, 0.29) is 0 Å². The van der Waals surface area contributed by atoms with Gasteiger partial charge in [0.15, 0.2) is 0 Å². The molecular weight excluding hydrogens is 131 g/mol. The van der Waals surface area contributed by atoms with Crippen LogP contribution in [0.2, 0.25) is 5.31 Å². The van der Waals surface area contributed by atoms with Crippen molar-refractivity contribution < 1.29 is 0 Å². The second kappa shape index (κ2) is 4.18. The minimum absolute atomic E-state index is 0.695. The van der Waals surface area contributed by atoms with E-state index in [4.69, 9.17) is 0 Å². The average Bonchev–Trinajstić information content (AvgIpc) is 1.98. The molecule has 1 rings (SSSR count). The molecule has 0 aromatic rings. The van der Waals surface area contributed by atoms with Gasteiger partial charge in [-0.25, -0.2) is 0 Å². The Bertz CT molecular complexity index is 101. The van der Waals surface area contributed by atoms with Crippen molar-refractivity contribution in [3.8, 4) is 0 Å². The van der Waals surface area contributed by atoms with E-state index in [0.29, 0.717) is 5.31 Å². The summed E-state index contributed by atoms with van der Waals surface area (Å²) in [6.07, 6.45) is 11.7. The first-order valence-electron chi connectivity index (χ1n) is 5.27. The third-order valence-corrected chi connectivity index (χ3v) is 3.41. The fourth-order valence-corrected chi connectivity index (χ4v) is 2.11. The summed E-state index contributed by atoms with van der Waals surface area (Å²) in [5, 5.41) is 0.695. The molecule has 0 aromatic heterocycles. The Morgan fingerprint density at radius 1 is 1.00 bits per heavy atom. The Balaban J connectivity index is 2.37. The molecule has 0 aromatic carbocycles. The van der Waals surface area contributed by atoms with Crippen LogP contribution in [0.3, 0.4) is 0 Å². The van der Waals surface area contributed by atoms with Gasteiger partial charge in [0.05, 0.1) is 0 Å². The quantitative estimate of drug-likeness (QED) is 0.506. The molecule has 0 aliphatic heterocycles. The van der Waals surface area contributed by atoms with E-state index in [1.54, 1.807) is 0 Å². The van der Waals surface area contributed by atoms with Gasteiger partial charge in [-0.1, -0.05) is 63.6 Å². The molecule has 0 saturated heterocycles. The van der Waals surface area contributed by atoms with Crippen molar-refractivity contribution in [2.75, 3.05) is 0 Å². The minimum atomic E-state index is 0.695. The van der Waals surface area contributed by atoms with Crippen LogP contribution < -0.4 is 0 Å². The summed E-state index contributed by atoms with van der Waals surface area (Å²) < 4.78 is 0. The molecule has 0 amide bonds. The van der Waals surface area contributed by atoms with Gasteiger partial charge in [0.2, 0.25) is 0 Å². The second-order valence-electron chi connectivity index (χ2n) is 4.43. The molecule has 1 aliphatic carbocycles. The lowest BCUT2D eigenvalue weighted by atomic mass is 9.60. The lowest BCUT2D eigenvalue weighted by molar-refractivity contribution is 0.388. The molecule has 1 saturated carbocycles. The fraction of sp³-hybridized carbons (Fsp3) is 1.00. The van der Waals surface area contributed by atoms with Crippen molar-refractivity contribution >= 4 is 7.85 Å². The Hall–Kier alpha value is 0.0649. The van der Waals surface area contributed by atoms with E-state index in [2.05, 4.69) is 14.8 Å². The molecule has 0 radical (unpaired) electrons. The van der Waals surface area contributed by atoms with Gasteiger partial charge in [0.1, 0.15) is 7.85 Å². The summed E-state index contributed by atoms with van der Waals surface area (Å²) in [4.78, 5) is 0. The first-order chi connectivity index (χ1) is 5.27. The van der Waals surface area contributed by atoms with E-state index in [1.165, 1.54) is 51.4 Å². The monoisotopic (exact) mass is 152 g/mol. The first kappa shape index (κ1) is 9.16. The molecule has 0 heterocycles. The Labute approximate surface area is 72.2 Å². The highest BCUT2D eigenvalue weighted by Crippen LogP contribution is 2.40. The van der Waals surface area contributed by atoms with Gasteiger partial charge in [0.25, 0.3) is 0 Å². The van der Waals surface area contributed by atoms with Gasteiger partial charge in [-0.15, -0.1) is 0 Å². The first-order valence-corrected chi connectivity index (χ1v) is 5.27. The molecule has 64 valence electrons. The standard InChI is InChI=1S/C10H21B/c1-2-10(11)8-6-4-3-5-7-9-10/h2-9,11H2,1H3. The van der Waals surface area contributed by atoms with Crippen LogP contribution in [0.25, 0.3) is 0 Å². The Morgan fingerprint density at radius 2 is 1.45 bits per heavy atom. The zero-order chi connectivity index (χ0) is 8.16. The number of hydrogen-bond acceptors (Lipinski definition) is 0. The molecule has 0 unspecified atom stereocenters. The summed E-state index contributed by atoms with van der Waals surface area (Å²) >= 11 is 0. The highest BCUT2D eigenvalue weighted by atomic mass is 14.2. The van der Waals surface area contributed by atoms with Crippen molar-refractivity contribution in [1.29, 1.82) is 0 Å². The average molecular weight is 152 g/mol. The largest absolute Gasteiger partial charge is 0.109 e. The predicted octanol–water partition coefficient (Wildman–Crippen LogP) is 2.93. The minimum Gasteiger partial charge on any atom is -0.0655 e. The van der Waals surface area contributed by atoms with Crippen LogP contribution in [0, 0.1) is 0 Å². The van der Waals surface area contributed by atoms with E-state index in [0.717, 1.165) is 0 Å². The Kier molecular flexibility index (Phi) is 3.48. The summed E-state index contributed by atoms with van der Waals surface area (Å²) in [6.45, 7) is 2.35. The van der Waals surface area contributed by atoms with Crippen LogP contribution >= 0.6 is 0 Å². The van der Waals surface area contributed by atoms with E-state index in [1.807, 2.05) is 0 Å². The van der Waals surface area contributed by atoms with Crippen LogP contribution in [0.15, 0.2) is 0 Å². The number of hydrogen-bond donors (Lipinski definition) is 0. The van der Waals surface area contributed by atoms with Crippen LogP contribution in [-0.2, 0) is 0 Å². The highest BCUT2D eigenvalue weighted by molar-refractivity contribution is 6.15. The van der Waals surface area contributed by atoms with Gasteiger partial charge < -0.3 is 0 Å². The normalized spacial score (nSPS) is 25.5. The molecule has 0 atom stereocenters. The molecular formula is C10H21B. The smallest absolute Gasteiger partial charge is 0.0655 e. The Morgan fingerprint density at radius 3 is 1.91 bits per heavy atom. The van der Waals surface area contributed by atoms with Crippen molar-refractivity contribution in [2.45, 2.75) is 63.6 Å². The molecule has 0 spiro atoms. The van der Waals surface area contributed by atoms with Gasteiger partial charge in [-0.05, 0) is 0 Å². The van der Waals surface area contributed by atoms with E-state index in [9.17, 15) is 0 Å². The van der Waals surface area contributed by atoms with E-state index >= 15 is 0 Å². The van der Waals surface area contributed by atoms with Gasteiger partial charge in [-0.2, -0.15) is 0 Å². The zero-order valence-corrected chi connectivity index (χ0v) is 8.16. The molecule has 0 bridgehead atoms. The summed E-state index contributed by atoms with van der Waals surface area (Å²) in [6, 6.07) is 0. The molecule has 0 nitrogen and oxygen atoms in total. The lowest BCUT2D eigenvalue weighted by Crippen LogP contribution is -2.13. The van der Waals surface area contributed by atoms with Crippen LogP contribution in [0.4, 0.5) is 0 Å². The predicted molar refractivity (Wildman–Crippen MR) is 53.8 cm³/mol. The summed E-state index contributed by atoms with van der Waals surface area (Å²) in [5.41, 5.74) is 0. The third kappa shape index (κ3) is 2.88. The number of rotatable bonds is 1. The topological polar surface area (TPSA) is 0 Å². The van der Waals surface area contributed by atoms with Crippen molar-refractivity contribution in [3.05, 3.63) is 0 Å². The highest BCUT2D eigenvalue weighted by Gasteiger charge is 2.21. The fourth-order valence-electron chi connectivity index (χ4n) is 2.11. The van der Waals surface area contributed by atoms with Crippen LogP contribution in [-0.4, -0.2) is 7.85 Å². The van der Waals surface area contributed by atoms with Crippen molar-refractivity contribution in [3.63, 3.8) is 0 Å². The van der Waals surface area contributed by atoms with Crippen LogP contribution in [0.5, 0.6) is 0 Å². The molecule has 11 heavy (non-hydrogen) atoms. The second-order valence-corrected chi connectivity index (χ2v) is 4.43. The van der Waals surface area contributed by atoms with Gasteiger partial charge >= 0.3 is 0 Å². The maximum atomic E-state index is 2.47. The molecule has 0 N–H and O–H groups in total. The van der Waals surface area contributed by atoms with Crippen molar-refractivity contribution in [2.24, 2.45) is 0 Å². The third-order valence-electron chi connectivity index (χ3n) is 3.41. The molecule has 1 heteroatoms. The molecule has 1 aliphatic rings. The zero-order valence-electron chi connectivity index (χ0n) is 8.16. The summed E-state index contributed by atoms with van der Waals surface area (Å²) in [7, 11) is 2.47. The SMILES string of the molecule is BC1(CC)CCCCCCC1. The molecule has 1 fully saturated rings. The van der Waals surface area contributed by atoms with Crippen molar-refractivity contribution in [1.82, 2.24) is 0 Å². The van der Waals surface area contributed by atoms with E-state index < -0.39 is 0 Å². The maximum absolute atomic E-state index is 2.47.